The molecule has 1 aromatic rings. The van der Waals surface area contributed by atoms with Gasteiger partial charge in [-0.2, -0.15) is 0 Å². The van der Waals surface area contributed by atoms with E-state index in [2.05, 4.69) is 42.5 Å². The van der Waals surface area contributed by atoms with E-state index in [1.807, 2.05) is 0 Å². The van der Waals surface area contributed by atoms with Gasteiger partial charge in [-0.05, 0) is 44.3 Å². The number of aromatic nitrogens is 1. The van der Waals surface area contributed by atoms with E-state index < -0.39 is 6.03 Å². The molecular weight excluding hydrogens is 420 g/mol. The van der Waals surface area contributed by atoms with Gasteiger partial charge in [0.25, 0.3) is 11.8 Å². The van der Waals surface area contributed by atoms with Crippen LogP contribution >= 0.6 is 31.9 Å². The average molecular weight is 434 g/mol. The summed E-state index contributed by atoms with van der Waals surface area (Å²) in [5.74, 6) is -0.585. The van der Waals surface area contributed by atoms with Gasteiger partial charge in [-0.15, -0.1) is 0 Å². The normalized spacial score (nSPS) is 16.4. The Hall–Kier alpha value is -1.61. The van der Waals surface area contributed by atoms with E-state index >= 15 is 0 Å². The molecule has 2 N–H and O–H groups in total. The van der Waals surface area contributed by atoms with Crippen LogP contribution in [0.5, 0.6) is 0 Å². The first-order chi connectivity index (χ1) is 10.3. The van der Waals surface area contributed by atoms with Gasteiger partial charge in [0.15, 0.2) is 0 Å². The van der Waals surface area contributed by atoms with Crippen molar-refractivity contribution in [3.8, 4) is 0 Å². The summed E-state index contributed by atoms with van der Waals surface area (Å²) >= 11 is 6.70. The molecule has 9 heteroatoms. The van der Waals surface area contributed by atoms with Crippen molar-refractivity contribution in [2.75, 3.05) is 13.6 Å². The lowest BCUT2D eigenvalue weighted by atomic mass is 10.3. The Morgan fingerprint density at radius 2 is 2.05 bits per heavy atom. The fraction of sp³-hybridized carbons (Fsp3) is 0.308. The van der Waals surface area contributed by atoms with Crippen LogP contribution in [0.1, 0.15) is 16.9 Å². The summed E-state index contributed by atoms with van der Waals surface area (Å²) in [6.45, 7) is 0.357. The molecule has 0 atom stereocenters. The predicted molar refractivity (Wildman–Crippen MR) is 87.1 cm³/mol. The molecule has 0 spiro atoms. The van der Waals surface area contributed by atoms with Gasteiger partial charge in [-0.25, -0.2) is 4.79 Å². The molecule has 22 heavy (non-hydrogen) atoms. The second-order valence-corrected chi connectivity index (χ2v) is 6.29. The number of halogens is 2. The Bertz CT molecular complexity index is 681. The fourth-order valence-corrected chi connectivity index (χ4v) is 2.71. The van der Waals surface area contributed by atoms with Gasteiger partial charge < -0.3 is 15.2 Å². The number of nitrogens with zero attached hydrogens (tertiary/aromatic N) is 2. The van der Waals surface area contributed by atoms with Crippen molar-refractivity contribution in [2.45, 2.75) is 6.42 Å². The summed E-state index contributed by atoms with van der Waals surface area (Å²) in [5, 5.41) is 5.22. The molecule has 0 aromatic carbocycles. The Morgan fingerprint density at radius 3 is 2.55 bits per heavy atom. The van der Waals surface area contributed by atoms with Crippen LogP contribution in [0.3, 0.4) is 0 Å². The zero-order valence-corrected chi connectivity index (χ0v) is 15.1. The molecule has 1 aliphatic rings. The highest BCUT2D eigenvalue weighted by Gasteiger charge is 2.29. The monoisotopic (exact) mass is 432 g/mol. The van der Waals surface area contributed by atoms with Crippen molar-refractivity contribution in [3.05, 3.63) is 32.6 Å². The lowest BCUT2D eigenvalue weighted by Gasteiger charge is -2.05. The number of urea groups is 1. The van der Waals surface area contributed by atoms with Gasteiger partial charge in [0.1, 0.15) is 11.4 Å². The molecule has 0 bridgehead atoms. The maximum absolute atomic E-state index is 12.1. The third-order valence-electron chi connectivity index (χ3n) is 3.21. The van der Waals surface area contributed by atoms with Crippen LogP contribution in [0, 0.1) is 0 Å². The topological polar surface area (TPSA) is 83.4 Å². The van der Waals surface area contributed by atoms with Gasteiger partial charge in [0.05, 0.1) is 9.08 Å². The zero-order valence-electron chi connectivity index (χ0n) is 11.9. The second-order valence-electron chi connectivity index (χ2n) is 4.68. The van der Waals surface area contributed by atoms with E-state index in [-0.39, 0.29) is 17.5 Å². The van der Waals surface area contributed by atoms with E-state index in [1.165, 1.54) is 7.05 Å². The number of carbonyl (C=O) groups excluding carboxylic acids is 3. The van der Waals surface area contributed by atoms with Crippen molar-refractivity contribution in [1.29, 1.82) is 0 Å². The molecule has 0 unspecified atom stereocenters. The lowest BCUT2D eigenvalue weighted by Crippen LogP contribution is -2.26. The summed E-state index contributed by atoms with van der Waals surface area (Å²) in [4.78, 5) is 35.9. The summed E-state index contributed by atoms with van der Waals surface area (Å²) < 4.78 is 3.29. The van der Waals surface area contributed by atoms with Crippen molar-refractivity contribution >= 4 is 49.7 Å². The molecule has 0 aliphatic carbocycles. The fourth-order valence-electron chi connectivity index (χ4n) is 1.92. The molecule has 1 saturated heterocycles. The van der Waals surface area contributed by atoms with E-state index in [0.717, 1.165) is 14.0 Å². The number of likely N-dealkylation sites (N-methyl/N-ethyl adjacent to an activating group) is 1. The molecule has 0 saturated carbocycles. The van der Waals surface area contributed by atoms with Gasteiger partial charge in [-0.3, -0.25) is 14.5 Å². The molecular formula is C13H14Br2N4O3. The van der Waals surface area contributed by atoms with Crippen molar-refractivity contribution in [3.63, 3.8) is 0 Å². The maximum atomic E-state index is 12.1. The van der Waals surface area contributed by atoms with Gasteiger partial charge in [0.2, 0.25) is 0 Å². The molecule has 118 valence electrons. The molecule has 2 heterocycles. The highest BCUT2D eigenvalue weighted by molar-refractivity contribution is 9.13. The smallest absolute Gasteiger partial charge is 0.328 e. The third-order valence-corrected chi connectivity index (χ3v) is 5.30. The first-order valence-corrected chi connectivity index (χ1v) is 7.99. The van der Waals surface area contributed by atoms with Crippen LogP contribution in [0.4, 0.5) is 4.79 Å². The Balaban J connectivity index is 1.89. The van der Waals surface area contributed by atoms with Crippen molar-refractivity contribution in [1.82, 2.24) is 20.1 Å². The van der Waals surface area contributed by atoms with E-state index in [0.29, 0.717) is 18.7 Å². The van der Waals surface area contributed by atoms with Gasteiger partial charge in [-0.1, -0.05) is 6.08 Å². The summed E-state index contributed by atoms with van der Waals surface area (Å²) in [6, 6.07) is 1.27. The number of hydrogen-bond acceptors (Lipinski definition) is 3. The molecule has 7 nitrogen and oxygen atoms in total. The van der Waals surface area contributed by atoms with Crippen LogP contribution in [0.25, 0.3) is 0 Å². The van der Waals surface area contributed by atoms with Crippen LogP contribution in [0.2, 0.25) is 0 Å². The minimum atomic E-state index is -0.446. The minimum Gasteiger partial charge on any atom is -0.350 e. The summed E-state index contributed by atoms with van der Waals surface area (Å²) in [7, 11) is 3.18. The lowest BCUT2D eigenvalue weighted by molar-refractivity contribution is -0.122. The second kappa shape index (κ2) is 6.66. The minimum absolute atomic E-state index is 0.216. The number of rotatable bonds is 4. The molecule has 1 fully saturated rings. The molecule has 1 aromatic heterocycles. The van der Waals surface area contributed by atoms with Crippen LogP contribution < -0.4 is 10.6 Å². The van der Waals surface area contributed by atoms with E-state index in [1.54, 1.807) is 23.8 Å². The Kier molecular flexibility index (Phi) is 5.07. The van der Waals surface area contributed by atoms with Gasteiger partial charge in [0, 0.05) is 20.6 Å². The SMILES string of the molecule is CN1C(=O)N/C(=C/CCNC(=O)c2cc(Br)c(Br)n2C)C1=O. The Morgan fingerprint density at radius 1 is 1.36 bits per heavy atom. The van der Waals surface area contributed by atoms with Gasteiger partial charge >= 0.3 is 6.03 Å². The third kappa shape index (κ3) is 3.25. The first kappa shape index (κ1) is 16.8. The number of carbonyl (C=O) groups is 3. The van der Waals surface area contributed by atoms with E-state index in [9.17, 15) is 14.4 Å². The van der Waals surface area contributed by atoms with Crippen LogP contribution in [-0.4, -0.2) is 40.9 Å². The summed E-state index contributed by atoms with van der Waals surface area (Å²) in [5.41, 5.74) is 0.752. The molecule has 2 rings (SSSR count). The zero-order chi connectivity index (χ0) is 16.4. The van der Waals surface area contributed by atoms with Crippen molar-refractivity contribution in [2.24, 2.45) is 7.05 Å². The number of imide groups is 1. The van der Waals surface area contributed by atoms with Crippen molar-refractivity contribution < 1.29 is 14.4 Å². The Labute approximate surface area is 144 Å². The largest absolute Gasteiger partial charge is 0.350 e. The molecule has 0 radical (unpaired) electrons. The number of nitrogens with one attached hydrogen (secondary N) is 2. The average Bonchev–Trinajstić information content (AvgIpc) is 2.88. The highest BCUT2D eigenvalue weighted by Crippen LogP contribution is 2.26. The molecule has 4 amide bonds. The number of amides is 4. The highest BCUT2D eigenvalue weighted by atomic mass is 79.9. The predicted octanol–water partition coefficient (Wildman–Crippen LogP) is 1.74. The maximum Gasteiger partial charge on any atom is 0.328 e. The standard InChI is InChI=1S/C13H14Br2N4O3/c1-18-9(6-7(14)10(18)15)11(20)16-5-3-4-8-12(21)19(2)13(22)17-8/h4,6H,3,5H2,1-2H3,(H,16,20)(H,17,22)/b8-4+. The number of hydrogen-bond donors (Lipinski definition) is 2. The summed E-state index contributed by atoms with van der Waals surface area (Å²) in [6.07, 6.45) is 2.04. The molecule has 1 aliphatic heterocycles. The van der Waals surface area contributed by atoms with Crippen LogP contribution in [-0.2, 0) is 11.8 Å². The van der Waals surface area contributed by atoms with E-state index in [4.69, 9.17) is 0 Å². The quantitative estimate of drug-likeness (QED) is 0.431. The van der Waals surface area contributed by atoms with Crippen LogP contribution in [0.15, 0.2) is 26.9 Å². The first-order valence-electron chi connectivity index (χ1n) is 6.41.